The molecule has 0 unspecified atom stereocenters. The SMILES string of the molecule is Cc1cc(OCc2ccccc2CNC(=O)Nc2cc(C(C)(C)C)nn2-c2ccc(Cl)c(O)c2)c(Cl)c(=O)n1Cc1ccc(CNCC(N)=O)cc1. The first-order valence-corrected chi connectivity index (χ1v) is 17.3. The minimum absolute atomic E-state index is 0.0342. The van der Waals surface area contributed by atoms with Crippen molar-refractivity contribution >= 4 is 41.0 Å². The van der Waals surface area contributed by atoms with Gasteiger partial charge < -0.3 is 30.8 Å². The molecule has 6 N–H and O–H groups in total. The van der Waals surface area contributed by atoms with E-state index in [0.29, 0.717) is 30.3 Å². The van der Waals surface area contributed by atoms with E-state index in [1.54, 1.807) is 33.5 Å². The number of halogens is 2. The number of hydrogen-bond donors (Lipinski definition) is 5. The van der Waals surface area contributed by atoms with Gasteiger partial charge in [-0.15, -0.1) is 0 Å². The number of aromatic hydroxyl groups is 1. The van der Waals surface area contributed by atoms with Gasteiger partial charge in [-0.1, -0.05) is 92.5 Å². The smallest absolute Gasteiger partial charge is 0.320 e. The average molecular weight is 747 g/mol. The van der Waals surface area contributed by atoms with E-state index in [4.69, 9.17) is 33.7 Å². The minimum atomic E-state index is -0.466. The number of pyridine rings is 1. The van der Waals surface area contributed by atoms with Crippen LogP contribution >= 0.6 is 23.2 Å². The number of urea groups is 1. The largest absolute Gasteiger partial charge is 0.506 e. The maximum Gasteiger partial charge on any atom is 0.320 e. The summed E-state index contributed by atoms with van der Waals surface area (Å²) in [6.07, 6.45) is 0. The summed E-state index contributed by atoms with van der Waals surface area (Å²) in [6, 6.07) is 22.9. The number of ether oxygens (including phenoxy) is 1. The van der Waals surface area contributed by atoms with Gasteiger partial charge in [0.15, 0.2) is 0 Å². The summed E-state index contributed by atoms with van der Waals surface area (Å²) in [5, 5.41) is 23.8. The van der Waals surface area contributed by atoms with Crippen LogP contribution in [0.5, 0.6) is 11.5 Å². The molecule has 2 heterocycles. The number of nitrogens with two attached hydrogens (primary N) is 1. The second-order valence-electron chi connectivity index (χ2n) is 13.3. The molecule has 12 nitrogen and oxygen atoms in total. The Balaban J connectivity index is 1.23. The molecule has 0 aliphatic heterocycles. The zero-order chi connectivity index (χ0) is 37.6. The van der Waals surface area contributed by atoms with Crippen LogP contribution in [-0.4, -0.2) is 37.9 Å². The van der Waals surface area contributed by atoms with E-state index in [0.717, 1.165) is 27.9 Å². The number of phenols is 1. The number of phenolic OH excluding ortho intramolecular Hbond substituents is 1. The van der Waals surface area contributed by atoms with Gasteiger partial charge in [0.2, 0.25) is 5.91 Å². The molecule has 272 valence electrons. The summed E-state index contributed by atoms with van der Waals surface area (Å²) in [5.74, 6) is 0.141. The molecule has 5 rings (SSSR count). The predicted octanol–water partition coefficient (Wildman–Crippen LogP) is 6.18. The van der Waals surface area contributed by atoms with Crippen LogP contribution in [0.3, 0.4) is 0 Å². The van der Waals surface area contributed by atoms with Crippen molar-refractivity contribution in [1.82, 2.24) is 25.0 Å². The van der Waals surface area contributed by atoms with Crippen LogP contribution in [0, 0.1) is 6.92 Å². The highest BCUT2D eigenvalue weighted by molar-refractivity contribution is 6.32. The van der Waals surface area contributed by atoms with Gasteiger partial charge in [0.25, 0.3) is 5.56 Å². The summed E-state index contributed by atoms with van der Waals surface area (Å²) in [7, 11) is 0. The number of carbonyl (C=O) groups is 2. The van der Waals surface area contributed by atoms with Gasteiger partial charge in [-0.2, -0.15) is 5.10 Å². The molecule has 0 aliphatic carbocycles. The van der Waals surface area contributed by atoms with Crippen molar-refractivity contribution in [2.24, 2.45) is 5.73 Å². The van der Waals surface area contributed by atoms with Crippen molar-refractivity contribution in [2.75, 3.05) is 11.9 Å². The first-order chi connectivity index (χ1) is 24.7. The summed E-state index contributed by atoms with van der Waals surface area (Å²) in [4.78, 5) is 37.4. The number of hydrogen-bond acceptors (Lipinski definition) is 7. The van der Waals surface area contributed by atoms with E-state index in [1.807, 2.05) is 76.2 Å². The lowest BCUT2D eigenvalue weighted by Gasteiger charge is -2.16. The highest BCUT2D eigenvalue weighted by atomic mass is 35.5. The molecule has 2 aromatic heterocycles. The molecule has 0 aliphatic rings. The van der Waals surface area contributed by atoms with Crippen LogP contribution in [0.1, 0.15) is 54.4 Å². The van der Waals surface area contributed by atoms with E-state index in [2.05, 4.69) is 21.0 Å². The van der Waals surface area contributed by atoms with Crippen molar-refractivity contribution in [3.63, 3.8) is 0 Å². The van der Waals surface area contributed by atoms with Gasteiger partial charge in [-0.3, -0.25) is 14.9 Å². The lowest BCUT2D eigenvalue weighted by molar-refractivity contribution is -0.117. The van der Waals surface area contributed by atoms with Crippen molar-refractivity contribution in [3.8, 4) is 17.2 Å². The van der Waals surface area contributed by atoms with Crippen LogP contribution < -0.4 is 32.0 Å². The van der Waals surface area contributed by atoms with Gasteiger partial charge in [0.1, 0.15) is 28.9 Å². The molecule has 0 atom stereocenters. The monoisotopic (exact) mass is 745 g/mol. The summed E-state index contributed by atoms with van der Waals surface area (Å²) >= 11 is 12.6. The Kier molecular flexibility index (Phi) is 11.9. The lowest BCUT2D eigenvalue weighted by atomic mass is 9.92. The van der Waals surface area contributed by atoms with Gasteiger partial charge in [0.05, 0.1) is 29.5 Å². The Hall–Kier alpha value is -5.30. The zero-order valence-electron chi connectivity index (χ0n) is 29.3. The van der Waals surface area contributed by atoms with E-state index in [-0.39, 0.29) is 52.2 Å². The van der Waals surface area contributed by atoms with Crippen LogP contribution in [0.4, 0.5) is 10.6 Å². The fourth-order valence-corrected chi connectivity index (χ4v) is 5.65. The molecule has 5 aromatic rings. The molecule has 52 heavy (non-hydrogen) atoms. The molecular formula is C38H41Cl2N7O5. The molecule has 0 radical (unpaired) electrons. The van der Waals surface area contributed by atoms with Crippen LogP contribution in [0.25, 0.3) is 5.69 Å². The van der Waals surface area contributed by atoms with Gasteiger partial charge >= 0.3 is 6.03 Å². The molecule has 3 amide bonds. The lowest BCUT2D eigenvalue weighted by Crippen LogP contribution is -2.29. The molecule has 0 bridgehead atoms. The standard InChI is InChI=1S/C38H41Cl2N7O5/c1-23-15-31(35(40)36(50)46(23)21-25-11-9-24(10-12-25)18-42-20-33(41)49)52-22-27-8-6-5-7-26(27)19-43-37(51)44-34-17-32(38(2,3)4)45-47(34)28-13-14-29(39)30(48)16-28/h5-17,42,48H,18-22H2,1-4H3,(H2,41,49)(H2,43,44,51). The number of aryl methyl sites for hydroxylation is 1. The predicted molar refractivity (Wildman–Crippen MR) is 202 cm³/mol. The zero-order valence-corrected chi connectivity index (χ0v) is 30.8. The third-order valence-corrected chi connectivity index (χ3v) is 8.91. The quantitative estimate of drug-likeness (QED) is 0.0961. The number of primary amides is 1. The molecule has 0 saturated carbocycles. The highest BCUT2D eigenvalue weighted by Crippen LogP contribution is 2.30. The molecule has 3 aromatic carbocycles. The fraction of sp³-hybridized carbons (Fsp3) is 0.263. The number of anilines is 1. The van der Waals surface area contributed by atoms with E-state index < -0.39 is 11.9 Å². The number of nitrogens with zero attached hydrogens (tertiary/aromatic N) is 3. The third-order valence-electron chi connectivity index (χ3n) is 8.24. The van der Waals surface area contributed by atoms with Gasteiger partial charge in [-0.25, -0.2) is 9.48 Å². The van der Waals surface area contributed by atoms with E-state index >= 15 is 0 Å². The van der Waals surface area contributed by atoms with E-state index in [9.17, 15) is 19.5 Å². The molecular weight excluding hydrogens is 705 g/mol. The molecule has 0 fully saturated rings. The van der Waals surface area contributed by atoms with Crippen molar-refractivity contribution in [2.45, 2.75) is 59.4 Å². The molecule has 0 saturated heterocycles. The first kappa shape index (κ1) is 37.9. The van der Waals surface area contributed by atoms with Crippen molar-refractivity contribution in [3.05, 3.63) is 133 Å². The Bertz CT molecular complexity index is 2140. The Labute approximate surface area is 311 Å². The second kappa shape index (κ2) is 16.4. The topological polar surface area (TPSA) is 166 Å². The second-order valence-corrected chi connectivity index (χ2v) is 14.1. The van der Waals surface area contributed by atoms with Crippen LogP contribution in [0.2, 0.25) is 10.0 Å². The van der Waals surface area contributed by atoms with Crippen molar-refractivity contribution in [1.29, 1.82) is 0 Å². The number of aromatic nitrogens is 3. The molecule has 14 heteroatoms. The van der Waals surface area contributed by atoms with E-state index in [1.165, 1.54) is 6.07 Å². The van der Waals surface area contributed by atoms with Crippen molar-refractivity contribution < 1.29 is 19.4 Å². The number of nitrogens with one attached hydrogen (secondary N) is 3. The summed E-state index contributed by atoms with van der Waals surface area (Å²) in [6.45, 7) is 9.04. The van der Waals surface area contributed by atoms with Crippen LogP contribution in [-0.2, 0) is 36.5 Å². The summed E-state index contributed by atoms with van der Waals surface area (Å²) < 4.78 is 9.19. The average Bonchev–Trinajstić information content (AvgIpc) is 3.53. The van der Waals surface area contributed by atoms with Gasteiger partial charge in [-0.05, 0) is 41.3 Å². The molecule has 0 spiro atoms. The number of amides is 3. The Morgan fingerprint density at radius 3 is 2.31 bits per heavy atom. The van der Waals surface area contributed by atoms with Gasteiger partial charge in [0, 0.05) is 42.4 Å². The first-order valence-electron chi connectivity index (χ1n) is 16.5. The maximum atomic E-state index is 13.3. The highest BCUT2D eigenvalue weighted by Gasteiger charge is 2.22. The summed E-state index contributed by atoms with van der Waals surface area (Å²) in [5.41, 5.74) is 9.91. The third kappa shape index (κ3) is 9.52. The number of benzene rings is 3. The Morgan fingerprint density at radius 1 is 0.942 bits per heavy atom. The Morgan fingerprint density at radius 2 is 1.63 bits per heavy atom. The number of carbonyl (C=O) groups excluding carboxylic acids is 2. The fourth-order valence-electron chi connectivity index (χ4n) is 5.32. The number of rotatable bonds is 13. The maximum absolute atomic E-state index is 13.3. The van der Waals surface area contributed by atoms with Crippen LogP contribution in [0.15, 0.2) is 83.7 Å². The normalized spacial score (nSPS) is 11.3. The minimum Gasteiger partial charge on any atom is -0.506 e.